The maximum atomic E-state index is 12.5. The van der Waals surface area contributed by atoms with Crippen molar-refractivity contribution in [1.82, 2.24) is 14.3 Å². The first kappa shape index (κ1) is 17.9. The van der Waals surface area contributed by atoms with Gasteiger partial charge in [0.2, 0.25) is 0 Å². The number of likely N-dealkylation sites (N-methyl/N-ethyl adjacent to an activating group) is 1. The van der Waals surface area contributed by atoms with Gasteiger partial charge in [0, 0.05) is 25.2 Å². The number of nitrogens with zero attached hydrogens (tertiary/aromatic N) is 1. The van der Waals surface area contributed by atoms with Crippen LogP contribution in [-0.2, 0) is 10.2 Å². The van der Waals surface area contributed by atoms with E-state index in [0.717, 1.165) is 51.5 Å². The molecule has 1 aliphatic heterocycles. The second kappa shape index (κ2) is 8.97. The number of hydrogen-bond donors (Lipinski definition) is 2. The Kier molecular flexibility index (Phi) is 8.02. The van der Waals surface area contributed by atoms with Gasteiger partial charge in [0.15, 0.2) is 0 Å². The van der Waals surface area contributed by atoms with Gasteiger partial charge >= 0.3 is 0 Å². The van der Waals surface area contributed by atoms with Crippen molar-refractivity contribution in [2.24, 2.45) is 0 Å². The van der Waals surface area contributed by atoms with Crippen LogP contribution in [0.3, 0.4) is 0 Å². The highest BCUT2D eigenvalue weighted by Gasteiger charge is 2.32. The van der Waals surface area contributed by atoms with Crippen LogP contribution >= 0.6 is 0 Å². The molecule has 2 N–H and O–H groups in total. The third-order valence-electron chi connectivity index (χ3n) is 3.91. The van der Waals surface area contributed by atoms with E-state index in [2.05, 4.69) is 17.0 Å². The molecule has 2 atom stereocenters. The maximum Gasteiger partial charge on any atom is 0.279 e. The molecule has 0 saturated carbocycles. The summed E-state index contributed by atoms with van der Waals surface area (Å²) in [5.41, 5.74) is 0. The zero-order valence-electron chi connectivity index (χ0n) is 13.2. The van der Waals surface area contributed by atoms with E-state index in [1.165, 1.54) is 0 Å². The molecule has 0 bridgehead atoms. The average Bonchev–Trinajstić information content (AvgIpc) is 2.39. The molecule has 1 aliphatic rings. The van der Waals surface area contributed by atoms with Crippen molar-refractivity contribution in [2.75, 3.05) is 20.1 Å². The van der Waals surface area contributed by atoms with Crippen LogP contribution in [0.2, 0.25) is 0 Å². The van der Waals surface area contributed by atoms with Gasteiger partial charge in [-0.3, -0.25) is 0 Å². The smallest absolute Gasteiger partial charge is 0.279 e. The lowest BCUT2D eigenvalue weighted by atomic mass is 10.1. The number of unbranched alkanes of at least 4 members (excludes halogenated alkanes) is 2. The van der Waals surface area contributed by atoms with Crippen LogP contribution in [0.4, 0.5) is 0 Å². The fraction of sp³-hybridized carbons (Fsp3) is 1.00. The lowest BCUT2D eigenvalue weighted by Gasteiger charge is -2.35. The molecule has 20 heavy (non-hydrogen) atoms. The van der Waals surface area contributed by atoms with E-state index in [9.17, 15) is 8.42 Å². The Labute approximate surface area is 124 Å². The second-order valence-corrected chi connectivity index (χ2v) is 7.49. The molecule has 5 nitrogen and oxygen atoms in total. The van der Waals surface area contributed by atoms with Gasteiger partial charge in [-0.1, -0.05) is 32.6 Å². The average molecular weight is 305 g/mol. The van der Waals surface area contributed by atoms with Gasteiger partial charge < -0.3 is 5.32 Å². The predicted molar refractivity (Wildman–Crippen MR) is 83.9 cm³/mol. The van der Waals surface area contributed by atoms with Gasteiger partial charge in [-0.2, -0.15) is 17.4 Å². The number of nitrogens with one attached hydrogen (secondary N) is 2. The van der Waals surface area contributed by atoms with E-state index in [-0.39, 0.29) is 12.1 Å². The highest BCUT2D eigenvalue weighted by molar-refractivity contribution is 7.87. The summed E-state index contributed by atoms with van der Waals surface area (Å²) in [4.78, 5) is 0. The van der Waals surface area contributed by atoms with Crippen molar-refractivity contribution < 1.29 is 8.42 Å². The van der Waals surface area contributed by atoms with Gasteiger partial charge in [0.05, 0.1) is 0 Å². The molecule has 1 fully saturated rings. The molecular formula is C14H31N3O2S. The lowest BCUT2D eigenvalue weighted by molar-refractivity contribution is 0.244. The molecule has 0 aliphatic carbocycles. The summed E-state index contributed by atoms with van der Waals surface area (Å²) in [6.45, 7) is 5.49. The van der Waals surface area contributed by atoms with Crippen molar-refractivity contribution in [3.8, 4) is 0 Å². The van der Waals surface area contributed by atoms with Crippen LogP contribution in [0.25, 0.3) is 0 Å². The molecule has 0 aromatic heterocycles. The van der Waals surface area contributed by atoms with Gasteiger partial charge in [0.25, 0.3) is 10.2 Å². The molecule has 0 radical (unpaired) electrons. The standard InChI is InChI=1S/C14H31N3O2S/c1-4-5-6-9-13(2)16-20(18,19)17-11-8-7-10-14(17)12-15-3/h13-16H,4-12H2,1-3H3. The Bertz CT molecular complexity index is 357. The number of hydrogen-bond acceptors (Lipinski definition) is 3. The van der Waals surface area contributed by atoms with Crippen molar-refractivity contribution in [3.05, 3.63) is 0 Å². The highest BCUT2D eigenvalue weighted by atomic mass is 32.2. The van der Waals surface area contributed by atoms with Crippen LogP contribution in [0.15, 0.2) is 0 Å². The summed E-state index contributed by atoms with van der Waals surface area (Å²) in [5, 5.41) is 3.10. The minimum absolute atomic E-state index is 0.0173. The maximum absolute atomic E-state index is 12.5. The molecule has 2 unspecified atom stereocenters. The van der Waals surface area contributed by atoms with E-state index in [1.807, 2.05) is 14.0 Å². The van der Waals surface area contributed by atoms with E-state index in [0.29, 0.717) is 6.54 Å². The molecule has 1 saturated heterocycles. The zero-order valence-corrected chi connectivity index (χ0v) is 14.0. The van der Waals surface area contributed by atoms with E-state index >= 15 is 0 Å². The number of piperidine rings is 1. The first-order valence-electron chi connectivity index (χ1n) is 7.95. The molecule has 0 aromatic carbocycles. The van der Waals surface area contributed by atoms with Gasteiger partial charge in [-0.05, 0) is 33.2 Å². The first-order valence-corrected chi connectivity index (χ1v) is 9.39. The molecule has 0 amide bonds. The summed E-state index contributed by atoms with van der Waals surface area (Å²) < 4.78 is 29.5. The summed E-state index contributed by atoms with van der Waals surface area (Å²) in [7, 11) is -1.47. The topological polar surface area (TPSA) is 61.4 Å². The molecule has 6 heteroatoms. The molecule has 1 rings (SSSR count). The fourth-order valence-electron chi connectivity index (χ4n) is 2.81. The predicted octanol–water partition coefficient (Wildman–Crippen LogP) is 1.86. The second-order valence-electron chi connectivity index (χ2n) is 5.84. The van der Waals surface area contributed by atoms with Crippen LogP contribution < -0.4 is 10.0 Å². The van der Waals surface area contributed by atoms with Crippen LogP contribution in [-0.4, -0.2) is 44.9 Å². The van der Waals surface area contributed by atoms with Crippen LogP contribution in [0.1, 0.15) is 58.8 Å². The normalized spacial score (nSPS) is 22.9. The largest absolute Gasteiger partial charge is 0.318 e. The third-order valence-corrected chi connectivity index (χ3v) is 5.71. The van der Waals surface area contributed by atoms with Crippen molar-refractivity contribution >= 4 is 10.2 Å². The lowest BCUT2D eigenvalue weighted by Crippen LogP contribution is -2.53. The van der Waals surface area contributed by atoms with Crippen molar-refractivity contribution in [2.45, 2.75) is 70.9 Å². The Morgan fingerprint density at radius 2 is 2.05 bits per heavy atom. The van der Waals surface area contributed by atoms with Gasteiger partial charge in [0.1, 0.15) is 0 Å². The Balaban J connectivity index is 2.56. The highest BCUT2D eigenvalue weighted by Crippen LogP contribution is 2.20. The third kappa shape index (κ3) is 5.68. The molecule has 120 valence electrons. The molecular weight excluding hydrogens is 274 g/mol. The van der Waals surface area contributed by atoms with Crippen molar-refractivity contribution in [1.29, 1.82) is 0 Å². The molecule has 1 heterocycles. The van der Waals surface area contributed by atoms with Crippen molar-refractivity contribution in [3.63, 3.8) is 0 Å². The van der Waals surface area contributed by atoms with E-state index in [1.54, 1.807) is 4.31 Å². The fourth-order valence-corrected chi connectivity index (χ4v) is 4.52. The Morgan fingerprint density at radius 1 is 1.30 bits per heavy atom. The van der Waals surface area contributed by atoms with Gasteiger partial charge in [-0.25, -0.2) is 0 Å². The first-order chi connectivity index (χ1) is 9.51. The Hall–Kier alpha value is -0.170. The minimum atomic E-state index is -3.35. The Morgan fingerprint density at radius 3 is 2.70 bits per heavy atom. The molecule has 0 spiro atoms. The van der Waals surface area contributed by atoms with Gasteiger partial charge in [-0.15, -0.1) is 0 Å². The van der Waals surface area contributed by atoms with E-state index in [4.69, 9.17) is 0 Å². The summed E-state index contributed by atoms with van der Waals surface area (Å²) in [6.07, 6.45) is 7.35. The van der Waals surface area contributed by atoms with Crippen LogP contribution in [0, 0.1) is 0 Å². The minimum Gasteiger partial charge on any atom is -0.318 e. The SMILES string of the molecule is CCCCCC(C)NS(=O)(=O)N1CCCCC1CNC. The zero-order chi connectivity index (χ0) is 15.0. The molecule has 0 aromatic rings. The number of rotatable bonds is 9. The van der Waals surface area contributed by atoms with Crippen LogP contribution in [0.5, 0.6) is 0 Å². The summed E-state index contributed by atoms with van der Waals surface area (Å²) in [6, 6.07) is 0.109. The quantitative estimate of drug-likeness (QED) is 0.639. The summed E-state index contributed by atoms with van der Waals surface area (Å²) >= 11 is 0. The summed E-state index contributed by atoms with van der Waals surface area (Å²) in [5.74, 6) is 0. The monoisotopic (exact) mass is 305 g/mol. The van der Waals surface area contributed by atoms with E-state index < -0.39 is 10.2 Å².